The minimum atomic E-state index is 0.509. The summed E-state index contributed by atoms with van der Waals surface area (Å²) in [5.41, 5.74) is 4.36. The fourth-order valence-electron chi connectivity index (χ4n) is 2.35. The lowest BCUT2D eigenvalue weighted by Gasteiger charge is -2.02. The standard InChI is InChI=1S/C18H11ClN2S/c19-17-10-9-14(11-20-17)12-5-7-13(8-6-12)18-21-15-3-1-2-4-16(15)22-18/h1-11H. The second-order valence-electron chi connectivity index (χ2n) is 4.93. The molecule has 4 rings (SSSR count). The zero-order valence-electron chi connectivity index (χ0n) is 11.5. The third kappa shape index (κ3) is 2.49. The fourth-order valence-corrected chi connectivity index (χ4v) is 3.43. The number of halogens is 1. The summed E-state index contributed by atoms with van der Waals surface area (Å²) in [5.74, 6) is 0. The fraction of sp³-hybridized carbons (Fsp3) is 0. The Labute approximate surface area is 137 Å². The van der Waals surface area contributed by atoms with Gasteiger partial charge in [-0.05, 0) is 29.8 Å². The van der Waals surface area contributed by atoms with E-state index in [2.05, 4.69) is 40.3 Å². The molecule has 2 heterocycles. The van der Waals surface area contributed by atoms with E-state index in [-0.39, 0.29) is 0 Å². The van der Waals surface area contributed by atoms with Crippen molar-refractivity contribution in [3.05, 3.63) is 72.0 Å². The number of fused-ring (bicyclic) bond motifs is 1. The Bertz CT molecular complexity index is 894. The average molecular weight is 323 g/mol. The molecule has 2 aromatic carbocycles. The number of hydrogen-bond donors (Lipinski definition) is 0. The van der Waals surface area contributed by atoms with E-state index in [9.17, 15) is 0 Å². The molecule has 0 amide bonds. The van der Waals surface area contributed by atoms with Crippen molar-refractivity contribution < 1.29 is 0 Å². The number of aromatic nitrogens is 2. The Morgan fingerprint density at radius 1 is 0.773 bits per heavy atom. The van der Waals surface area contributed by atoms with Gasteiger partial charge in [0.05, 0.1) is 10.2 Å². The van der Waals surface area contributed by atoms with Crippen LogP contribution >= 0.6 is 22.9 Å². The Balaban J connectivity index is 1.70. The number of hydrogen-bond acceptors (Lipinski definition) is 3. The van der Waals surface area contributed by atoms with Crippen molar-refractivity contribution in [3.8, 4) is 21.7 Å². The molecular weight excluding hydrogens is 312 g/mol. The van der Waals surface area contributed by atoms with Crippen LogP contribution in [0.3, 0.4) is 0 Å². The summed E-state index contributed by atoms with van der Waals surface area (Å²) in [7, 11) is 0. The van der Waals surface area contributed by atoms with Crippen molar-refractivity contribution in [1.29, 1.82) is 0 Å². The molecule has 4 heteroatoms. The molecule has 0 aliphatic rings. The summed E-state index contributed by atoms with van der Waals surface area (Å²) >= 11 is 7.54. The van der Waals surface area contributed by atoms with Crippen LogP contribution in [-0.2, 0) is 0 Å². The topological polar surface area (TPSA) is 25.8 Å². The Morgan fingerprint density at radius 2 is 1.50 bits per heavy atom. The van der Waals surface area contributed by atoms with Crippen LogP contribution in [0, 0.1) is 0 Å². The molecule has 0 aliphatic carbocycles. The second-order valence-corrected chi connectivity index (χ2v) is 6.35. The van der Waals surface area contributed by atoms with Crippen LogP contribution in [0.4, 0.5) is 0 Å². The molecule has 0 spiro atoms. The number of para-hydroxylation sites is 1. The minimum absolute atomic E-state index is 0.509. The third-order valence-corrected chi connectivity index (χ3v) is 4.80. The van der Waals surface area contributed by atoms with Gasteiger partial charge in [-0.1, -0.05) is 48.0 Å². The Morgan fingerprint density at radius 3 is 2.23 bits per heavy atom. The highest BCUT2D eigenvalue weighted by Gasteiger charge is 2.06. The van der Waals surface area contributed by atoms with Gasteiger partial charge in [-0.3, -0.25) is 0 Å². The lowest BCUT2D eigenvalue weighted by atomic mass is 10.1. The molecule has 0 fully saturated rings. The van der Waals surface area contributed by atoms with E-state index in [4.69, 9.17) is 11.6 Å². The molecule has 0 aliphatic heterocycles. The van der Waals surface area contributed by atoms with Gasteiger partial charge in [0.2, 0.25) is 0 Å². The zero-order chi connectivity index (χ0) is 14.9. The number of nitrogens with zero attached hydrogens (tertiary/aromatic N) is 2. The monoisotopic (exact) mass is 322 g/mol. The van der Waals surface area contributed by atoms with Crippen molar-refractivity contribution in [1.82, 2.24) is 9.97 Å². The summed E-state index contributed by atoms with van der Waals surface area (Å²) in [6, 6.07) is 20.4. The number of benzene rings is 2. The SMILES string of the molecule is Clc1ccc(-c2ccc(-c3nc4ccccc4s3)cc2)cn1. The molecule has 0 unspecified atom stereocenters. The van der Waals surface area contributed by atoms with Crippen LogP contribution in [0.15, 0.2) is 66.9 Å². The van der Waals surface area contributed by atoms with E-state index in [1.807, 2.05) is 24.3 Å². The van der Waals surface area contributed by atoms with Crippen molar-refractivity contribution in [2.24, 2.45) is 0 Å². The van der Waals surface area contributed by atoms with E-state index in [1.54, 1.807) is 23.6 Å². The predicted molar refractivity (Wildman–Crippen MR) is 93.3 cm³/mol. The molecule has 2 nitrogen and oxygen atoms in total. The first-order valence-electron chi connectivity index (χ1n) is 6.87. The van der Waals surface area contributed by atoms with Gasteiger partial charge < -0.3 is 0 Å². The van der Waals surface area contributed by atoms with Crippen molar-refractivity contribution in [2.75, 3.05) is 0 Å². The van der Waals surface area contributed by atoms with Crippen LogP contribution < -0.4 is 0 Å². The Hall–Kier alpha value is -2.23. The van der Waals surface area contributed by atoms with Gasteiger partial charge in [0.15, 0.2) is 0 Å². The normalized spacial score (nSPS) is 11.0. The van der Waals surface area contributed by atoms with E-state index >= 15 is 0 Å². The van der Waals surface area contributed by atoms with E-state index in [0.717, 1.165) is 27.2 Å². The van der Waals surface area contributed by atoms with E-state index in [0.29, 0.717) is 5.15 Å². The molecule has 0 bridgehead atoms. The van der Waals surface area contributed by atoms with Crippen LogP contribution in [0.5, 0.6) is 0 Å². The molecule has 0 atom stereocenters. The Kier molecular flexibility index (Phi) is 3.37. The van der Waals surface area contributed by atoms with E-state index < -0.39 is 0 Å². The van der Waals surface area contributed by atoms with Crippen molar-refractivity contribution in [2.45, 2.75) is 0 Å². The van der Waals surface area contributed by atoms with Gasteiger partial charge >= 0.3 is 0 Å². The summed E-state index contributed by atoms with van der Waals surface area (Å²) in [4.78, 5) is 8.81. The summed E-state index contributed by atoms with van der Waals surface area (Å²) in [6.45, 7) is 0. The first-order chi connectivity index (χ1) is 10.8. The molecule has 4 aromatic rings. The molecule has 0 N–H and O–H groups in total. The highest BCUT2D eigenvalue weighted by molar-refractivity contribution is 7.21. The average Bonchev–Trinajstić information content (AvgIpc) is 3.00. The van der Waals surface area contributed by atoms with Crippen molar-refractivity contribution >= 4 is 33.2 Å². The van der Waals surface area contributed by atoms with Crippen LogP contribution in [0.1, 0.15) is 0 Å². The van der Waals surface area contributed by atoms with Gasteiger partial charge in [0.25, 0.3) is 0 Å². The zero-order valence-corrected chi connectivity index (χ0v) is 13.1. The first-order valence-corrected chi connectivity index (χ1v) is 8.07. The summed E-state index contributed by atoms with van der Waals surface area (Å²) in [6.07, 6.45) is 1.79. The molecule has 22 heavy (non-hydrogen) atoms. The lowest BCUT2D eigenvalue weighted by molar-refractivity contribution is 1.33. The second kappa shape index (κ2) is 5.52. The minimum Gasteiger partial charge on any atom is -0.244 e. The number of rotatable bonds is 2. The third-order valence-electron chi connectivity index (χ3n) is 3.49. The highest BCUT2D eigenvalue weighted by Crippen LogP contribution is 2.31. The molecule has 0 radical (unpaired) electrons. The van der Waals surface area contributed by atoms with E-state index in [1.165, 1.54) is 4.70 Å². The lowest BCUT2D eigenvalue weighted by Crippen LogP contribution is -1.81. The van der Waals surface area contributed by atoms with Gasteiger partial charge in [-0.15, -0.1) is 11.3 Å². The maximum absolute atomic E-state index is 5.83. The molecule has 2 aromatic heterocycles. The highest BCUT2D eigenvalue weighted by atomic mass is 35.5. The molecular formula is C18H11ClN2S. The summed E-state index contributed by atoms with van der Waals surface area (Å²) < 4.78 is 1.21. The molecule has 106 valence electrons. The maximum atomic E-state index is 5.83. The summed E-state index contributed by atoms with van der Waals surface area (Å²) in [5, 5.41) is 1.55. The number of pyridine rings is 1. The maximum Gasteiger partial charge on any atom is 0.129 e. The van der Waals surface area contributed by atoms with Crippen LogP contribution in [-0.4, -0.2) is 9.97 Å². The van der Waals surface area contributed by atoms with Gasteiger partial charge in [0.1, 0.15) is 10.2 Å². The van der Waals surface area contributed by atoms with Gasteiger partial charge in [-0.2, -0.15) is 0 Å². The predicted octanol–water partition coefficient (Wildman–Crippen LogP) is 5.68. The van der Waals surface area contributed by atoms with Crippen LogP contribution in [0.2, 0.25) is 5.15 Å². The smallest absolute Gasteiger partial charge is 0.129 e. The van der Waals surface area contributed by atoms with Crippen molar-refractivity contribution in [3.63, 3.8) is 0 Å². The molecule has 0 saturated heterocycles. The number of thiazole rings is 1. The quantitative estimate of drug-likeness (QED) is 0.444. The molecule has 0 saturated carbocycles. The largest absolute Gasteiger partial charge is 0.244 e. The van der Waals surface area contributed by atoms with Gasteiger partial charge in [-0.25, -0.2) is 9.97 Å². The van der Waals surface area contributed by atoms with Gasteiger partial charge in [0, 0.05) is 17.3 Å². The first kappa shape index (κ1) is 13.4. The van der Waals surface area contributed by atoms with Crippen LogP contribution in [0.25, 0.3) is 31.9 Å².